The van der Waals surface area contributed by atoms with Crippen LogP contribution in [0.4, 0.5) is 19.0 Å². The van der Waals surface area contributed by atoms with Gasteiger partial charge in [0.05, 0.1) is 29.8 Å². The maximum atomic E-state index is 12.8. The first-order valence-corrected chi connectivity index (χ1v) is 8.88. The molecule has 29 heavy (non-hydrogen) atoms. The molecule has 0 saturated carbocycles. The van der Waals surface area contributed by atoms with Crippen molar-refractivity contribution in [1.29, 1.82) is 0 Å². The number of carbonyl (C=O) groups excluding carboxylic acids is 1. The van der Waals surface area contributed by atoms with Crippen LogP contribution in [-0.2, 0) is 25.7 Å². The molecule has 2 aromatic heterocycles. The molecule has 3 rings (SSSR count). The molecule has 0 saturated heterocycles. The van der Waals surface area contributed by atoms with Gasteiger partial charge < -0.3 is 15.0 Å². The van der Waals surface area contributed by atoms with Crippen molar-refractivity contribution in [3.05, 3.63) is 77.0 Å². The number of alkyl halides is 3. The summed E-state index contributed by atoms with van der Waals surface area (Å²) in [4.78, 5) is 20.6. The number of halogens is 3. The third-order valence-corrected chi connectivity index (χ3v) is 4.35. The number of hydrogen-bond acceptors (Lipinski definition) is 4. The van der Waals surface area contributed by atoms with Crippen LogP contribution >= 0.6 is 0 Å². The van der Waals surface area contributed by atoms with Gasteiger partial charge in [-0.15, -0.1) is 0 Å². The molecule has 0 fully saturated rings. The van der Waals surface area contributed by atoms with Crippen LogP contribution in [0.2, 0.25) is 0 Å². The Kier molecular flexibility index (Phi) is 5.97. The number of pyridine rings is 1. The van der Waals surface area contributed by atoms with Gasteiger partial charge in [-0.1, -0.05) is 19.1 Å². The molecule has 0 bridgehead atoms. The molecule has 0 aliphatic rings. The molecule has 0 unspecified atom stereocenters. The summed E-state index contributed by atoms with van der Waals surface area (Å²) in [6, 6.07) is 6.70. The first-order chi connectivity index (χ1) is 13.8. The number of aromatic nitrogens is 3. The zero-order valence-corrected chi connectivity index (χ0v) is 15.6. The maximum Gasteiger partial charge on any atom is 0.416 e. The number of nitrogens with zero attached hydrogens (tertiary/aromatic N) is 3. The van der Waals surface area contributed by atoms with Crippen LogP contribution in [0.3, 0.4) is 0 Å². The predicted octanol–water partition coefficient (Wildman–Crippen LogP) is 3.65. The van der Waals surface area contributed by atoms with Gasteiger partial charge in [-0.25, -0.2) is 4.98 Å². The van der Waals surface area contributed by atoms with Crippen LogP contribution in [0.5, 0.6) is 0 Å². The summed E-state index contributed by atoms with van der Waals surface area (Å²) in [5, 5.41) is 11.9. The summed E-state index contributed by atoms with van der Waals surface area (Å²) < 4.78 is 40.1. The average Bonchev–Trinajstić information content (AvgIpc) is 3.13. The van der Waals surface area contributed by atoms with Gasteiger partial charge in [-0.3, -0.25) is 9.78 Å². The molecule has 3 aromatic rings. The van der Waals surface area contributed by atoms with Crippen molar-refractivity contribution >= 4 is 11.7 Å². The van der Waals surface area contributed by atoms with E-state index in [0.717, 1.165) is 17.7 Å². The molecule has 152 valence electrons. The Hall–Kier alpha value is -3.20. The first-order valence-electron chi connectivity index (χ1n) is 8.88. The van der Waals surface area contributed by atoms with E-state index in [1.165, 1.54) is 24.8 Å². The normalized spacial score (nSPS) is 11.5. The zero-order valence-electron chi connectivity index (χ0n) is 15.6. The maximum absolute atomic E-state index is 12.8. The second kappa shape index (κ2) is 8.44. The fourth-order valence-electron chi connectivity index (χ4n) is 2.87. The number of aliphatic hydroxyl groups is 1. The van der Waals surface area contributed by atoms with Crippen molar-refractivity contribution in [3.8, 4) is 0 Å². The van der Waals surface area contributed by atoms with Crippen molar-refractivity contribution in [3.63, 3.8) is 0 Å². The second-order valence-electron chi connectivity index (χ2n) is 6.42. The van der Waals surface area contributed by atoms with Gasteiger partial charge in [-0.2, -0.15) is 13.2 Å². The van der Waals surface area contributed by atoms with Crippen molar-refractivity contribution in [2.45, 2.75) is 32.7 Å². The highest BCUT2D eigenvalue weighted by Crippen LogP contribution is 2.29. The summed E-state index contributed by atoms with van der Waals surface area (Å²) in [5.74, 6) is -0.146. The Morgan fingerprint density at radius 3 is 2.72 bits per heavy atom. The third kappa shape index (κ3) is 5.00. The molecule has 6 nitrogen and oxygen atoms in total. The number of hydrogen-bond donors (Lipinski definition) is 2. The number of carbonyl (C=O) groups is 1. The summed E-state index contributed by atoms with van der Waals surface area (Å²) in [6.45, 7) is 1.87. The van der Waals surface area contributed by atoms with Gasteiger partial charge >= 0.3 is 6.18 Å². The van der Waals surface area contributed by atoms with E-state index in [-0.39, 0.29) is 19.0 Å². The second-order valence-corrected chi connectivity index (χ2v) is 6.42. The van der Waals surface area contributed by atoms with Crippen LogP contribution in [0.1, 0.15) is 39.7 Å². The molecule has 0 radical (unpaired) electrons. The molecule has 0 aliphatic heterocycles. The molecular weight excluding hydrogens is 385 g/mol. The highest BCUT2D eigenvalue weighted by Gasteiger charge is 2.30. The third-order valence-electron chi connectivity index (χ3n) is 4.35. The van der Waals surface area contributed by atoms with Crippen molar-refractivity contribution in [2.24, 2.45) is 0 Å². The molecule has 9 heteroatoms. The Labute approximate surface area is 165 Å². The summed E-state index contributed by atoms with van der Waals surface area (Å²) in [7, 11) is 0. The number of aryl methyl sites for hydroxylation is 1. The Morgan fingerprint density at radius 1 is 1.24 bits per heavy atom. The fourth-order valence-corrected chi connectivity index (χ4v) is 2.87. The van der Waals surface area contributed by atoms with Crippen LogP contribution in [-0.4, -0.2) is 25.5 Å². The lowest BCUT2D eigenvalue weighted by Gasteiger charge is -2.09. The van der Waals surface area contributed by atoms with Crippen molar-refractivity contribution in [1.82, 2.24) is 14.5 Å². The molecule has 0 aliphatic carbocycles. The SMILES string of the molecule is CCc1cc(C(=O)Nc2cn(Cc3cccc(C(F)(F)F)c3)cn2)cnc1CO. The molecule has 0 atom stereocenters. The van der Waals surface area contributed by atoms with E-state index in [2.05, 4.69) is 15.3 Å². The lowest BCUT2D eigenvalue weighted by Crippen LogP contribution is -2.14. The summed E-state index contributed by atoms with van der Waals surface area (Å²) >= 11 is 0. The topological polar surface area (TPSA) is 80.0 Å². The van der Waals surface area contributed by atoms with Gasteiger partial charge in [0.2, 0.25) is 0 Å². The van der Waals surface area contributed by atoms with E-state index in [0.29, 0.717) is 23.2 Å². The molecule has 2 heterocycles. The van der Waals surface area contributed by atoms with Gasteiger partial charge in [0, 0.05) is 18.9 Å². The van der Waals surface area contributed by atoms with Crippen molar-refractivity contribution < 1.29 is 23.1 Å². The minimum atomic E-state index is -4.40. The Morgan fingerprint density at radius 2 is 2.03 bits per heavy atom. The van der Waals surface area contributed by atoms with E-state index in [1.54, 1.807) is 16.7 Å². The summed E-state index contributed by atoms with van der Waals surface area (Å²) in [5.41, 5.74) is 1.37. The Balaban J connectivity index is 1.70. The van der Waals surface area contributed by atoms with E-state index in [4.69, 9.17) is 0 Å². The van der Waals surface area contributed by atoms with Gasteiger partial charge in [0.1, 0.15) is 0 Å². The highest BCUT2D eigenvalue weighted by atomic mass is 19.4. The molecule has 0 spiro atoms. The number of amides is 1. The molecule has 2 N–H and O–H groups in total. The van der Waals surface area contributed by atoms with Crippen LogP contribution in [0, 0.1) is 0 Å². The number of rotatable bonds is 6. The lowest BCUT2D eigenvalue weighted by molar-refractivity contribution is -0.137. The van der Waals surface area contributed by atoms with Crippen LogP contribution in [0.15, 0.2) is 49.1 Å². The van der Waals surface area contributed by atoms with Crippen LogP contribution < -0.4 is 5.32 Å². The minimum absolute atomic E-state index is 0.180. The number of imidazole rings is 1. The number of nitrogens with one attached hydrogen (secondary N) is 1. The highest BCUT2D eigenvalue weighted by molar-refractivity contribution is 6.03. The molecule has 1 aromatic carbocycles. The van der Waals surface area contributed by atoms with E-state index < -0.39 is 17.6 Å². The molecular formula is C20H19F3N4O2. The monoisotopic (exact) mass is 404 g/mol. The van der Waals surface area contributed by atoms with Gasteiger partial charge in [0.15, 0.2) is 5.82 Å². The fraction of sp³-hybridized carbons (Fsp3) is 0.250. The Bertz CT molecular complexity index is 1010. The first kappa shape index (κ1) is 20.5. The molecule has 1 amide bonds. The van der Waals surface area contributed by atoms with Gasteiger partial charge in [0.25, 0.3) is 5.91 Å². The standard InChI is InChI=1S/C20H19F3N4O2/c1-2-14-7-15(8-24-17(14)11-28)19(29)26-18-10-27(12-25-18)9-13-4-3-5-16(6-13)20(21,22)23/h3-8,10,12,28H,2,9,11H2,1H3,(H,26,29). The summed E-state index contributed by atoms with van der Waals surface area (Å²) in [6.07, 6.45) is 0.561. The quantitative estimate of drug-likeness (QED) is 0.657. The minimum Gasteiger partial charge on any atom is -0.390 e. The predicted molar refractivity (Wildman–Crippen MR) is 100 cm³/mol. The lowest BCUT2D eigenvalue weighted by atomic mass is 10.1. The largest absolute Gasteiger partial charge is 0.416 e. The van der Waals surface area contributed by atoms with E-state index in [9.17, 15) is 23.1 Å². The number of benzene rings is 1. The number of aliphatic hydroxyl groups excluding tert-OH is 1. The van der Waals surface area contributed by atoms with E-state index in [1.807, 2.05) is 6.92 Å². The van der Waals surface area contributed by atoms with Gasteiger partial charge in [-0.05, 0) is 35.7 Å². The van der Waals surface area contributed by atoms with Crippen molar-refractivity contribution in [2.75, 3.05) is 5.32 Å². The number of anilines is 1. The van der Waals surface area contributed by atoms with E-state index >= 15 is 0 Å². The zero-order chi connectivity index (χ0) is 21.0. The smallest absolute Gasteiger partial charge is 0.390 e. The van der Waals surface area contributed by atoms with Crippen LogP contribution in [0.25, 0.3) is 0 Å². The average molecular weight is 404 g/mol.